The number of esters is 1. The molecule has 1 atom stereocenters. The predicted molar refractivity (Wildman–Crippen MR) is 78.5 cm³/mol. The van der Waals surface area contributed by atoms with Crippen LogP contribution >= 0.6 is 0 Å². The summed E-state index contributed by atoms with van der Waals surface area (Å²) in [7, 11) is 1.58. The van der Waals surface area contributed by atoms with Gasteiger partial charge >= 0.3 is 5.97 Å². The van der Waals surface area contributed by atoms with Gasteiger partial charge in [-0.05, 0) is 33.3 Å². The number of nitrogens with zero attached hydrogens (tertiary/aromatic N) is 1. The maximum Gasteiger partial charge on any atom is 0.355 e. The van der Waals surface area contributed by atoms with Crippen LogP contribution in [0.3, 0.4) is 0 Å². The Labute approximate surface area is 124 Å². The molecule has 1 unspecified atom stereocenters. The number of Topliss-reactive ketones (excluding diaryl/α,β-unsaturated/α-hetero) is 1. The summed E-state index contributed by atoms with van der Waals surface area (Å²) in [4.78, 5) is 40.1. The minimum absolute atomic E-state index is 0.188. The van der Waals surface area contributed by atoms with Crippen LogP contribution in [-0.2, 0) is 9.53 Å². The summed E-state index contributed by atoms with van der Waals surface area (Å²) < 4.78 is 4.96. The van der Waals surface area contributed by atoms with Crippen LogP contribution in [0.2, 0.25) is 0 Å². The molecule has 0 bridgehead atoms. The van der Waals surface area contributed by atoms with Gasteiger partial charge in [-0.15, -0.1) is 0 Å². The van der Waals surface area contributed by atoms with Gasteiger partial charge in [0.05, 0.1) is 12.6 Å². The second kappa shape index (κ2) is 6.56. The number of hydrogen-bond donors (Lipinski definition) is 1. The largest absolute Gasteiger partial charge is 0.461 e. The first kappa shape index (κ1) is 16.9. The topological polar surface area (TPSA) is 79.5 Å². The first-order valence-corrected chi connectivity index (χ1v) is 6.86. The number of nitrogens with one attached hydrogen (secondary N) is 1. The summed E-state index contributed by atoms with van der Waals surface area (Å²) in [5.41, 5.74) is 1.89. The Morgan fingerprint density at radius 1 is 1.29 bits per heavy atom. The van der Waals surface area contributed by atoms with E-state index in [0.29, 0.717) is 16.8 Å². The van der Waals surface area contributed by atoms with Crippen LogP contribution in [0, 0.1) is 13.8 Å². The third-order valence-corrected chi connectivity index (χ3v) is 3.62. The highest BCUT2D eigenvalue weighted by Crippen LogP contribution is 2.21. The zero-order valence-corrected chi connectivity index (χ0v) is 13.4. The number of aryl methyl sites for hydroxylation is 1. The molecule has 6 nitrogen and oxygen atoms in total. The van der Waals surface area contributed by atoms with Crippen molar-refractivity contribution in [1.29, 1.82) is 0 Å². The van der Waals surface area contributed by atoms with Gasteiger partial charge in [0.15, 0.2) is 5.78 Å². The maximum atomic E-state index is 12.6. The summed E-state index contributed by atoms with van der Waals surface area (Å²) in [6.07, 6.45) is 0. The normalized spacial score (nSPS) is 11.9. The maximum absolute atomic E-state index is 12.6. The zero-order chi connectivity index (χ0) is 16.3. The van der Waals surface area contributed by atoms with E-state index in [1.54, 1.807) is 34.7 Å². The number of ketones is 1. The van der Waals surface area contributed by atoms with Gasteiger partial charge in [0.25, 0.3) is 0 Å². The van der Waals surface area contributed by atoms with E-state index in [2.05, 4.69) is 4.98 Å². The lowest BCUT2D eigenvalue weighted by Gasteiger charge is -2.22. The van der Waals surface area contributed by atoms with Crippen LogP contribution in [0.25, 0.3) is 0 Å². The van der Waals surface area contributed by atoms with Crippen molar-refractivity contribution in [2.75, 3.05) is 13.7 Å². The van der Waals surface area contributed by atoms with Crippen LogP contribution < -0.4 is 0 Å². The number of aromatic nitrogens is 1. The van der Waals surface area contributed by atoms with Gasteiger partial charge in [-0.3, -0.25) is 9.59 Å². The molecule has 0 aliphatic heterocycles. The van der Waals surface area contributed by atoms with Gasteiger partial charge in [0.1, 0.15) is 5.69 Å². The molecule has 1 aromatic rings. The summed E-state index contributed by atoms with van der Waals surface area (Å²) >= 11 is 0. The smallest absolute Gasteiger partial charge is 0.355 e. The standard InChI is InChI=1S/C15H22N2O4/c1-7-21-15(20)13-8(2)12(9(3)16-13)14(19)10(4)17(6)11(5)18/h10,16H,7H2,1-6H3. The minimum Gasteiger partial charge on any atom is -0.461 e. The first-order chi connectivity index (χ1) is 9.72. The molecule has 6 heteroatoms. The van der Waals surface area contributed by atoms with Crippen LogP contribution in [-0.4, -0.2) is 47.2 Å². The number of ether oxygens (including phenoxy) is 1. The summed E-state index contributed by atoms with van der Waals surface area (Å²) in [6, 6.07) is -0.592. The fraction of sp³-hybridized carbons (Fsp3) is 0.533. The van der Waals surface area contributed by atoms with Crippen molar-refractivity contribution in [2.24, 2.45) is 0 Å². The first-order valence-electron chi connectivity index (χ1n) is 6.86. The third-order valence-electron chi connectivity index (χ3n) is 3.62. The van der Waals surface area contributed by atoms with Gasteiger partial charge in [-0.25, -0.2) is 4.79 Å². The average molecular weight is 294 g/mol. The number of rotatable bonds is 5. The van der Waals surface area contributed by atoms with E-state index >= 15 is 0 Å². The molecule has 0 fully saturated rings. The van der Waals surface area contributed by atoms with Gasteiger partial charge in [-0.2, -0.15) is 0 Å². The lowest BCUT2D eigenvalue weighted by atomic mass is 10.00. The molecule has 1 N–H and O–H groups in total. The van der Waals surface area contributed by atoms with E-state index in [-0.39, 0.29) is 24.0 Å². The molecule has 116 valence electrons. The van der Waals surface area contributed by atoms with E-state index in [0.717, 1.165) is 0 Å². The molecule has 0 aromatic carbocycles. The molecule has 1 rings (SSSR count). The van der Waals surface area contributed by atoms with Crippen molar-refractivity contribution in [3.05, 3.63) is 22.5 Å². The van der Waals surface area contributed by atoms with Crippen molar-refractivity contribution >= 4 is 17.7 Å². The van der Waals surface area contributed by atoms with E-state index in [1.807, 2.05) is 0 Å². The number of H-pyrrole nitrogens is 1. The van der Waals surface area contributed by atoms with Crippen LogP contribution in [0.4, 0.5) is 0 Å². The Morgan fingerprint density at radius 3 is 2.33 bits per heavy atom. The van der Waals surface area contributed by atoms with Crippen molar-refractivity contribution in [2.45, 2.75) is 40.7 Å². The van der Waals surface area contributed by atoms with E-state index < -0.39 is 12.0 Å². The molecular formula is C15H22N2O4. The summed E-state index contributed by atoms with van der Waals surface area (Å²) in [6.45, 7) is 8.49. The van der Waals surface area contributed by atoms with E-state index in [9.17, 15) is 14.4 Å². The fourth-order valence-corrected chi connectivity index (χ4v) is 2.18. The van der Waals surface area contributed by atoms with Gasteiger partial charge in [0, 0.05) is 25.2 Å². The molecule has 0 radical (unpaired) electrons. The number of amides is 1. The average Bonchev–Trinajstić information content (AvgIpc) is 2.71. The molecule has 1 amide bonds. The summed E-state index contributed by atoms with van der Waals surface area (Å²) in [5, 5.41) is 0. The number of aromatic amines is 1. The Kier molecular flexibility index (Phi) is 5.29. The highest BCUT2D eigenvalue weighted by Gasteiger charge is 2.28. The Bertz CT molecular complexity index is 574. The fourth-order valence-electron chi connectivity index (χ4n) is 2.18. The predicted octanol–water partition coefficient (Wildman–Crippen LogP) is 1.86. The molecule has 0 spiro atoms. The lowest BCUT2D eigenvalue weighted by Crippen LogP contribution is -2.39. The molecule has 0 aliphatic rings. The molecule has 21 heavy (non-hydrogen) atoms. The Morgan fingerprint density at radius 2 is 1.86 bits per heavy atom. The second-order valence-electron chi connectivity index (χ2n) is 5.02. The quantitative estimate of drug-likeness (QED) is 0.664. The molecule has 1 heterocycles. The molecule has 0 saturated carbocycles. The van der Waals surface area contributed by atoms with Gasteiger partial charge in [-0.1, -0.05) is 0 Å². The van der Waals surface area contributed by atoms with Crippen LogP contribution in [0.1, 0.15) is 52.9 Å². The molecule has 1 aromatic heterocycles. The molecular weight excluding hydrogens is 272 g/mol. The van der Waals surface area contributed by atoms with E-state index in [4.69, 9.17) is 4.74 Å². The van der Waals surface area contributed by atoms with Crippen molar-refractivity contribution in [1.82, 2.24) is 9.88 Å². The number of hydrogen-bond acceptors (Lipinski definition) is 4. The highest BCUT2D eigenvalue weighted by atomic mass is 16.5. The van der Waals surface area contributed by atoms with Gasteiger partial charge in [0.2, 0.25) is 5.91 Å². The number of carbonyl (C=O) groups excluding carboxylic acids is 3. The highest BCUT2D eigenvalue weighted by molar-refractivity contribution is 6.06. The van der Waals surface area contributed by atoms with Gasteiger partial charge < -0.3 is 14.6 Å². The van der Waals surface area contributed by atoms with Crippen LogP contribution in [0.5, 0.6) is 0 Å². The lowest BCUT2D eigenvalue weighted by molar-refractivity contribution is -0.128. The van der Waals surface area contributed by atoms with E-state index in [1.165, 1.54) is 11.8 Å². The molecule has 0 aliphatic carbocycles. The Balaban J connectivity index is 3.17. The van der Waals surface area contributed by atoms with Crippen molar-refractivity contribution < 1.29 is 19.1 Å². The monoisotopic (exact) mass is 294 g/mol. The Hall–Kier alpha value is -2.11. The zero-order valence-electron chi connectivity index (χ0n) is 13.4. The number of likely N-dealkylation sites (N-methyl/N-ethyl adjacent to an activating group) is 1. The van der Waals surface area contributed by atoms with Crippen molar-refractivity contribution in [3.63, 3.8) is 0 Å². The van der Waals surface area contributed by atoms with Crippen LogP contribution in [0.15, 0.2) is 0 Å². The van der Waals surface area contributed by atoms with Crippen molar-refractivity contribution in [3.8, 4) is 0 Å². The second-order valence-corrected chi connectivity index (χ2v) is 5.02. The molecule has 0 saturated heterocycles. The number of carbonyl (C=O) groups is 3. The minimum atomic E-state index is -0.592. The third kappa shape index (κ3) is 3.32. The summed E-state index contributed by atoms with van der Waals surface area (Å²) in [5.74, 6) is -0.869. The SMILES string of the molecule is CCOC(=O)c1[nH]c(C)c(C(=O)C(C)N(C)C(C)=O)c1C.